The molecule has 0 saturated heterocycles. The van der Waals surface area contributed by atoms with Crippen LogP contribution in [0.25, 0.3) is 0 Å². The van der Waals surface area contributed by atoms with Crippen LogP contribution in [0.2, 0.25) is 0 Å². The number of anilines is 1. The zero-order valence-corrected chi connectivity index (χ0v) is 10.7. The number of amides is 1. The van der Waals surface area contributed by atoms with Gasteiger partial charge >= 0.3 is 0 Å². The zero-order valence-electron chi connectivity index (χ0n) is 10.7. The fourth-order valence-corrected chi connectivity index (χ4v) is 1.52. The highest BCUT2D eigenvalue weighted by Gasteiger charge is 2.17. The first-order chi connectivity index (χ1) is 8.36. The lowest BCUT2D eigenvalue weighted by atomic mass is 10.1. The van der Waals surface area contributed by atoms with Gasteiger partial charge in [-0.15, -0.1) is 0 Å². The van der Waals surface area contributed by atoms with E-state index in [0.29, 0.717) is 5.56 Å². The van der Waals surface area contributed by atoms with Crippen molar-refractivity contribution in [3.63, 3.8) is 0 Å². The standard InChI is InChI=1S/C12H17F2N3O/c1-16(2)11(18)7-17(3)12-9(13)4-8(6-15)5-10(12)14/h4-5H,6-7,15H2,1-3H3. The highest BCUT2D eigenvalue weighted by atomic mass is 19.1. The fourth-order valence-electron chi connectivity index (χ4n) is 1.52. The number of carbonyl (C=O) groups is 1. The summed E-state index contributed by atoms with van der Waals surface area (Å²) in [6.07, 6.45) is 0. The van der Waals surface area contributed by atoms with E-state index < -0.39 is 11.6 Å². The number of hydrogen-bond donors (Lipinski definition) is 1. The van der Waals surface area contributed by atoms with Crippen molar-refractivity contribution in [1.29, 1.82) is 0 Å². The van der Waals surface area contributed by atoms with Crippen molar-refractivity contribution in [1.82, 2.24) is 4.90 Å². The Balaban J connectivity index is 2.99. The highest BCUT2D eigenvalue weighted by Crippen LogP contribution is 2.23. The van der Waals surface area contributed by atoms with Crippen LogP contribution in [0.3, 0.4) is 0 Å². The van der Waals surface area contributed by atoms with E-state index >= 15 is 0 Å². The van der Waals surface area contributed by atoms with Crippen molar-refractivity contribution < 1.29 is 13.6 Å². The molecule has 18 heavy (non-hydrogen) atoms. The Bertz CT molecular complexity index is 426. The summed E-state index contributed by atoms with van der Waals surface area (Å²) in [6, 6.07) is 2.35. The van der Waals surface area contributed by atoms with Gasteiger partial charge in [-0.3, -0.25) is 4.79 Å². The van der Waals surface area contributed by atoms with Gasteiger partial charge in [-0.2, -0.15) is 0 Å². The molecule has 0 atom stereocenters. The van der Waals surface area contributed by atoms with E-state index in [9.17, 15) is 13.6 Å². The molecule has 1 aromatic carbocycles. The van der Waals surface area contributed by atoms with Crippen molar-refractivity contribution in [2.24, 2.45) is 5.73 Å². The quantitative estimate of drug-likeness (QED) is 0.873. The summed E-state index contributed by atoms with van der Waals surface area (Å²) in [4.78, 5) is 14.1. The molecule has 1 amide bonds. The molecule has 0 heterocycles. The Morgan fingerprint density at radius 2 is 1.72 bits per heavy atom. The second kappa shape index (κ2) is 5.77. The second-order valence-electron chi connectivity index (χ2n) is 4.26. The first-order valence-corrected chi connectivity index (χ1v) is 5.46. The minimum Gasteiger partial charge on any atom is -0.361 e. The van der Waals surface area contributed by atoms with Gasteiger partial charge in [0.2, 0.25) is 5.91 Å². The summed E-state index contributed by atoms with van der Waals surface area (Å²) in [7, 11) is 4.63. The third-order valence-electron chi connectivity index (χ3n) is 2.57. The van der Waals surface area contributed by atoms with Crippen LogP contribution >= 0.6 is 0 Å². The molecule has 1 rings (SSSR count). The van der Waals surface area contributed by atoms with Gasteiger partial charge in [0.25, 0.3) is 0 Å². The molecular weight excluding hydrogens is 240 g/mol. The van der Waals surface area contributed by atoms with Gasteiger partial charge in [-0.05, 0) is 17.7 Å². The predicted molar refractivity (Wildman–Crippen MR) is 66.2 cm³/mol. The van der Waals surface area contributed by atoms with Gasteiger partial charge in [-0.25, -0.2) is 8.78 Å². The second-order valence-corrected chi connectivity index (χ2v) is 4.26. The molecule has 0 aromatic heterocycles. The largest absolute Gasteiger partial charge is 0.361 e. The predicted octanol–water partition coefficient (Wildman–Crippen LogP) is 0.948. The third-order valence-corrected chi connectivity index (χ3v) is 2.57. The first kappa shape index (κ1) is 14.4. The van der Waals surface area contributed by atoms with Crippen LogP contribution in [0.1, 0.15) is 5.56 Å². The highest BCUT2D eigenvalue weighted by molar-refractivity contribution is 5.81. The molecule has 100 valence electrons. The number of benzene rings is 1. The molecule has 0 spiro atoms. The van der Waals surface area contributed by atoms with Gasteiger partial charge in [0, 0.05) is 27.7 Å². The summed E-state index contributed by atoms with van der Waals surface area (Å²) < 4.78 is 27.5. The van der Waals surface area contributed by atoms with Gasteiger partial charge in [0.15, 0.2) is 0 Å². The van der Waals surface area contributed by atoms with Gasteiger partial charge < -0.3 is 15.5 Å². The molecule has 0 aliphatic heterocycles. The lowest BCUT2D eigenvalue weighted by Gasteiger charge is -2.22. The maximum Gasteiger partial charge on any atom is 0.241 e. The van der Waals surface area contributed by atoms with Crippen LogP contribution in [0.5, 0.6) is 0 Å². The summed E-state index contributed by atoms with van der Waals surface area (Å²) in [5.74, 6) is -1.67. The van der Waals surface area contributed by atoms with E-state index in [4.69, 9.17) is 5.73 Å². The molecular formula is C12H17F2N3O. The van der Waals surface area contributed by atoms with E-state index in [1.165, 1.54) is 29.0 Å². The van der Waals surface area contributed by atoms with E-state index in [1.807, 2.05) is 0 Å². The Kier molecular flexibility index (Phi) is 4.61. The lowest BCUT2D eigenvalue weighted by molar-refractivity contribution is -0.127. The zero-order chi connectivity index (χ0) is 13.9. The molecule has 2 N–H and O–H groups in total. The monoisotopic (exact) mass is 257 g/mol. The SMILES string of the molecule is CN(C)C(=O)CN(C)c1c(F)cc(CN)cc1F. The summed E-state index contributed by atoms with van der Waals surface area (Å²) >= 11 is 0. The number of nitrogens with two attached hydrogens (primary N) is 1. The molecule has 0 saturated carbocycles. The molecule has 0 aliphatic carbocycles. The van der Waals surface area contributed by atoms with E-state index in [1.54, 1.807) is 14.1 Å². The molecule has 0 unspecified atom stereocenters. The Morgan fingerprint density at radius 1 is 1.22 bits per heavy atom. The molecule has 0 radical (unpaired) electrons. The van der Waals surface area contributed by atoms with Crippen molar-refractivity contribution in [3.8, 4) is 0 Å². The molecule has 0 aliphatic rings. The van der Waals surface area contributed by atoms with Crippen molar-refractivity contribution in [2.75, 3.05) is 32.6 Å². The normalized spacial score (nSPS) is 10.3. The van der Waals surface area contributed by atoms with Gasteiger partial charge in [-0.1, -0.05) is 0 Å². The number of likely N-dealkylation sites (N-methyl/N-ethyl adjacent to an activating group) is 2. The van der Waals surface area contributed by atoms with Crippen molar-refractivity contribution in [3.05, 3.63) is 29.3 Å². The minimum atomic E-state index is -0.718. The minimum absolute atomic E-state index is 0.0640. The number of halogens is 2. The molecule has 4 nitrogen and oxygen atoms in total. The number of carbonyl (C=O) groups excluding carboxylic acids is 1. The topological polar surface area (TPSA) is 49.6 Å². The molecule has 0 fully saturated rings. The van der Waals surface area contributed by atoms with E-state index in [0.717, 1.165) is 0 Å². The number of nitrogens with zero attached hydrogens (tertiary/aromatic N) is 2. The fraction of sp³-hybridized carbons (Fsp3) is 0.417. The number of rotatable bonds is 4. The summed E-state index contributed by atoms with van der Waals surface area (Å²) in [5, 5.41) is 0. The molecule has 6 heteroatoms. The van der Waals surface area contributed by atoms with Gasteiger partial charge in [0.1, 0.15) is 17.3 Å². The van der Waals surface area contributed by atoms with Crippen LogP contribution in [0.4, 0.5) is 14.5 Å². The number of hydrogen-bond acceptors (Lipinski definition) is 3. The maximum absolute atomic E-state index is 13.7. The average Bonchev–Trinajstić information content (AvgIpc) is 2.27. The summed E-state index contributed by atoms with van der Waals surface area (Å²) in [6.45, 7) is -0.0305. The van der Waals surface area contributed by atoms with Gasteiger partial charge in [0.05, 0.1) is 6.54 Å². The lowest BCUT2D eigenvalue weighted by Crippen LogP contribution is -2.35. The smallest absolute Gasteiger partial charge is 0.241 e. The van der Waals surface area contributed by atoms with Crippen LogP contribution in [0.15, 0.2) is 12.1 Å². The van der Waals surface area contributed by atoms with Crippen LogP contribution in [-0.2, 0) is 11.3 Å². The van der Waals surface area contributed by atoms with Crippen molar-refractivity contribution in [2.45, 2.75) is 6.54 Å². The van der Waals surface area contributed by atoms with Crippen LogP contribution in [-0.4, -0.2) is 38.5 Å². The molecule has 0 bridgehead atoms. The van der Waals surface area contributed by atoms with Crippen LogP contribution in [0, 0.1) is 11.6 Å². The van der Waals surface area contributed by atoms with Crippen LogP contribution < -0.4 is 10.6 Å². The average molecular weight is 257 g/mol. The Hall–Kier alpha value is -1.69. The summed E-state index contributed by atoms with van der Waals surface area (Å²) in [5.41, 5.74) is 5.48. The van der Waals surface area contributed by atoms with E-state index in [2.05, 4.69) is 0 Å². The van der Waals surface area contributed by atoms with Crippen molar-refractivity contribution >= 4 is 11.6 Å². The Labute approximate surface area is 105 Å². The van der Waals surface area contributed by atoms with E-state index in [-0.39, 0.29) is 24.7 Å². The first-order valence-electron chi connectivity index (χ1n) is 5.46. The maximum atomic E-state index is 13.7. The molecule has 1 aromatic rings. The Morgan fingerprint density at radius 3 is 2.11 bits per heavy atom. The third kappa shape index (κ3) is 3.16.